The highest BCUT2D eigenvalue weighted by atomic mass is 15.0. The number of pyridine rings is 1. The highest BCUT2D eigenvalue weighted by Gasteiger charge is 2.40. The van der Waals surface area contributed by atoms with Crippen LogP contribution in [0.3, 0.4) is 0 Å². The number of rotatable bonds is 8. The molecule has 2 N–H and O–H groups in total. The van der Waals surface area contributed by atoms with Crippen molar-refractivity contribution in [2.75, 3.05) is 23.7 Å². The topological polar surface area (TPSA) is 37.0 Å². The van der Waals surface area contributed by atoms with E-state index < -0.39 is 0 Å². The zero-order chi connectivity index (χ0) is 12.8. The van der Waals surface area contributed by atoms with Gasteiger partial charge in [0.2, 0.25) is 0 Å². The van der Waals surface area contributed by atoms with Crippen LogP contribution in [0.15, 0.2) is 18.3 Å². The Morgan fingerprint density at radius 3 is 2.72 bits per heavy atom. The third-order valence-electron chi connectivity index (χ3n) is 3.72. The van der Waals surface area contributed by atoms with E-state index in [-0.39, 0.29) is 0 Å². The third kappa shape index (κ3) is 3.62. The molecule has 3 heteroatoms. The quantitative estimate of drug-likeness (QED) is 0.731. The predicted octanol–water partition coefficient (Wildman–Crippen LogP) is 3.90. The van der Waals surface area contributed by atoms with Crippen molar-refractivity contribution in [2.24, 2.45) is 5.41 Å². The summed E-state index contributed by atoms with van der Waals surface area (Å²) in [6.45, 7) is 6.53. The molecule has 0 aromatic carbocycles. The molecule has 100 valence electrons. The van der Waals surface area contributed by atoms with E-state index in [4.69, 9.17) is 0 Å². The van der Waals surface area contributed by atoms with E-state index in [0.29, 0.717) is 5.41 Å². The van der Waals surface area contributed by atoms with Gasteiger partial charge in [-0.05, 0) is 37.2 Å². The van der Waals surface area contributed by atoms with Gasteiger partial charge < -0.3 is 10.6 Å². The van der Waals surface area contributed by atoms with Gasteiger partial charge >= 0.3 is 0 Å². The number of hydrogen-bond donors (Lipinski definition) is 2. The molecule has 1 heterocycles. The average molecular weight is 247 g/mol. The molecule has 0 saturated heterocycles. The third-order valence-corrected chi connectivity index (χ3v) is 3.72. The minimum atomic E-state index is 0.592. The molecule has 0 spiro atoms. The summed E-state index contributed by atoms with van der Waals surface area (Å²) in [6, 6.07) is 4.16. The molecule has 1 fully saturated rings. The van der Waals surface area contributed by atoms with Crippen LogP contribution in [-0.4, -0.2) is 18.1 Å². The van der Waals surface area contributed by atoms with E-state index in [0.717, 1.165) is 25.3 Å². The number of anilines is 2. The van der Waals surface area contributed by atoms with Gasteiger partial charge in [0, 0.05) is 31.0 Å². The van der Waals surface area contributed by atoms with Crippen LogP contribution in [0.4, 0.5) is 11.5 Å². The second-order valence-corrected chi connectivity index (χ2v) is 5.46. The first kappa shape index (κ1) is 13.2. The van der Waals surface area contributed by atoms with Gasteiger partial charge in [-0.15, -0.1) is 0 Å². The summed E-state index contributed by atoms with van der Waals surface area (Å²) in [7, 11) is 0. The molecule has 0 aliphatic heterocycles. The van der Waals surface area contributed by atoms with Crippen molar-refractivity contribution in [3.63, 3.8) is 0 Å². The molecule has 1 aromatic heterocycles. The number of hydrogen-bond acceptors (Lipinski definition) is 3. The normalized spacial score (nSPS) is 16.3. The smallest absolute Gasteiger partial charge is 0.127 e. The molecule has 0 unspecified atom stereocenters. The lowest BCUT2D eigenvalue weighted by Gasteiger charge is -2.16. The first-order valence-corrected chi connectivity index (χ1v) is 7.22. The zero-order valence-corrected chi connectivity index (χ0v) is 11.6. The van der Waals surface area contributed by atoms with Crippen LogP contribution in [0.25, 0.3) is 0 Å². The fraction of sp³-hybridized carbons (Fsp3) is 0.667. The van der Waals surface area contributed by atoms with E-state index in [1.54, 1.807) is 0 Å². The molecule has 3 nitrogen and oxygen atoms in total. The van der Waals surface area contributed by atoms with Crippen LogP contribution < -0.4 is 10.6 Å². The van der Waals surface area contributed by atoms with Crippen molar-refractivity contribution in [3.05, 3.63) is 18.3 Å². The van der Waals surface area contributed by atoms with Crippen molar-refractivity contribution >= 4 is 11.5 Å². The lowest BCUT2D eigenvalue weighted by atomic mass is 10.0. The summed E-state index contributed by atoms with van der Waals surface area (Å²) >= 11 is 0. The van der Waals surface area contributed by atoms with Gasteiger partial charge in [-0.25, -0.2) is 4.98 Å². The van der Waals surface area contributed by atoms with E-state index in [1.807, 2.05) is 6.20 Å². The Hall–Kier alpha value is -1.25. The molecule has 2 rings (SSSR count). The Kier molecular flexibility index (Phi) is 4.45. The van der Waals surface area contributed by atoms with Gasteiger partial charge in [0.25, 0.3) is 0 Å². The van der Waals surface area contributed by atoms with Crippen molar-refractivity contribution in [1.29, 1.82) is 0 Å². The standard InChI is InChI=1S/C15H25N3/c1-3-6-15(7-8-15)12-18-13-5-10-17-14(11-13)16-9-4-2/h5,10-11H,3-4,6-9,12H2,1-2H3,(H2,16,17,18). The average Bonchev–Trinajstić information content (AvgIpc) is 3.15. The van der Waals surface area contributed by atoms with Crippen LogP contribution >= 0.6 is 0 Å². The Morgan fingerprint density at radius 1 is 1.22 bits per heavy atom. The molecule has 0 bridgehead atoms. The maximum atomic E-state index is 4.32. The van der Waals surface area contributed by atoms with Crippen LogP contribution in [0.2, 0.25) is 0 Å². The van der Waals surface area contributed by atoms with Crippen molar-refractivity contribution in [2.45, 2.75) is 46.0 Å². The molecule has 18 heavy (non-hydrogen) atoms. The van der Waals surface area contributed by atoms with Gasteiger partial charge in [-0.3, -0.25) is 0 Å². The van der Waals surface area contributed by atoms with Crippen LogP contribution in [-0.2, 0) is 0 Å². The van der Waals surface area contributed by atoms with Gasteiger partial charge in [-0.1, -0.05) is 20.3 Å². The van der Waals surface area contributed by atoms with Crippen LogP contribution in [0.5, 0.6) is 0 Å². The highest BCUT2D eigenvalue weighted by Crippen LogP contribution is 2.49. The highest BCUT2D eigenvalue weighted by molar-refractivity contribution is 5.52. The molecule has 0 amide bonds. The Balaban J connectivity index is 1.85. The summed E-state index contributed by atoms with van der Waals surface area (Å²) < 4.78 is 0. The van der Waals surface area contributed by atoms with E-state index >= 15 is 0 Å². The van der Waals surface area contributed by atoms with Crippen molar-refractivity contribution in [1.82, 2.24) is 4.98 Å². The fourth-order valence-corrected chi connectivity index (χ4v) is 2.40. The first-order valence-electron chi connectivity index (χ1n) is 7.22. The van der Waals surface area contributed by atoms with Gasteiger partial charge in [0.1, 0.15) is 5.82 Å². The van der Waals surface area contributed by atoms with Crippen LogP contribution in [0.1, 0.15) is 46.0 Å². The molecular formula is C15H25N3. The lowest BCUT2D eigenvalue weighted by molar-refractivity contribution is 0.486. The largest absolute Gasteiger partial charge is 0.384 e. The minimum Gasteiger partial charge on any atom is -0.384 e. The number of nitrogens with one attached hydrogen (secondary N) is 2. The molecular weight excluding hydrogens is 222 g/mol. The summed E-state index contributed by atoms with van der Waals surface area (Å²) in [5.41, 5.74) is 1.78. The fourth-order valence-electron chi connectivity index (χ4n) is 2.40. The monoisotopic (exact) mass is 247 g/mol. The predicted molar refractivity (Wildman–Crippen MR) is 78.1 cm³/mol. The number of aromatic nitrogens is 1. The van der Waals surface area contributed by atoms with E-state index in [2.05, 4.69) is 41.6 Å². The number of nitrogens with zero attached hydrogens (tertiary/aromatic N) is 1. The Bertz CT molecular complexity index is 372. The van der Waals surface area contributed by atoms with Crippen molar-refractivity contribution in [3.8, 4) is 0 Å². The SMILES string of the molecule is CCCNc1cc(NCC2(CCC)CC2)ccn1. The Labute approximate surface area is 110 Å². The van der Waals surface area contributed by atoms with Crippen molar-refractivity contribution < 1.29 is 0 Å². The van der Waals surface area contributed by atoms with Gasteiger partial charge in [-0.2, -0.15) is 0 Å². The maximum absolute atomic E-state index is 4.32. The van der Waals surface area contributed by atoms with E-state index in [1.165, 1.54) is 31.4 Å². The summed E-state index contributed by atoms with van der Waals surface area (Å²) in [5.74, 6) is 0.974. The summed E-state index contributed by atoms with van der Waals surface area (Å²) in [4.78, 5) is 4.32. The molecule has 1 aliphatic rings. The first-order chi connectivity index (χ1) is 8.78. The summed E-state index contributed by atoms with van der Waals surface area (Å²) in [6.07, 6.45) is 8.42. The zero-order valence-electron chi connectivity index (χ0n) is 11.6. The molecule has 0 radical (unpaired) electrons. The maximum Gasteiger partial charge on any atom is 0.127 e. The lowest BCUT2D eigenvalue weighted by Crippen LogP contribution is -2.15. The molecule has 1 saturated carbocycles. The second kappa shape index (κ2) is 6.07. The second-order valence-electron chi connectivity index (χ2n) is 5.46. The Morgan fingerprint density at radius 2 is 2.06 bits per heavy atom. The molecule has 1 aromatic rings. The van der Waals surface area contributed by atoms with Crippen LogP contribution in [0, 0.1) is 5.41 Å². The van der Waals surface area contributed by atoms with Gasteiger partial charge in [0.05, 0.1) is 0 Å². The minimum absolute atomic E-state index is 0.592. The van der Waals surface area contributed by atoms with Gasteiger partial charge in [0.15, 0.2) is 0 Å². The summed E-state index contributed by atoms with van der Waals surface area (Å²) in [5, 5.41) is 6.89. The molecule has 0 atom stereocenters. The molecule has 1 aliphatic carbocycles. The van der Waals surface area contributed by atoms with E-state index in [9.17, 15) is 0 Å².